The van der Waals surface area contributed by atoms with Crippen LogP contribution in [0.25, 0.3) is 0 Å². The molecular weight excluding hydrogens is 246 g/mol. The van der Waals surface area contributed by atoms with Crippen LogP contribution in [0.5, 0.6) is 0 Å². The highest BCUT2D eigenvalue weighted by Gasteiger charge is 2.30. The molecule has 19 heavy (non-hydrogen) atoms. The molecule has 0 radical (unpaired) electrons. The lowest BCUT2D eigenvalue weighted by Gasteiger charge is -2.38. The lowest BCUT2D eigenvalue weighted by Crippen LogP contribution is -2.48. The number of nitrogens with two attached hydrogens (primary N) is 1. The summed E-state index contributed by atoms with van der Waals surface area (Å²) in [6.45, 7) is 4.30. The Bertz CT molecular complexity index is 581. The van der Waals surface area contributed by atoms with E-state index >= 15 is 0 Å². The summed E-state index contributed by atoms with van der Waals surface area (Å²) in [4.78, 5) is 25.6. The third kappa shape index (κ3) is 2.42. The minimum absolute atomic E-state index is 0.141. The van der Waals surface area contributed by atoms with Gasteiger partial charge in [0.25, 0.3) is 5.56 Å². The van der Waals surface area contributed by atoms with Crippen molar-refractivity contribution in [3.63, 3.8) is 0 Å². The van der Waals surface area contributed by atoms with Crippen molar-refractivity contribution in [2.45, 2.75) is 19.8 Å². The standard InChI is InChI=1S/C12H21N5O2/c1-12(8-13)4-6-17(7-5-12)9-10(18)15(2)11(19)16(3)14-9/h4-8,13H2,1-3H3. The van der Waals surface area contributed by atoms with Gasteiger partial charge in [-0.05, 0) is 24.8 Å². The summed E-state index contributed by atoms with van der Waals surface area (Å²) in [5, 5.41) is 4.10. The number of piperidine rings is 1. The molecule has 1 aromatic rings. The molecule has 1 aliphatic rings. The number of rotatable bonds is 2. The van der Waals surface area contributed by atoms with E-state index in [2.05, 4.69) is 12.0 Å². The van der Waals surface area contributed by atoms with Gasteiger partial charge >= 0.3 is 5.69 Å². The summed E-state index contributed by atoms with van der Waals surface area (Å²) in [5.74, 6) is 0.351. The molecule has 0 spiro atoms. The highest BCUT2D eigenvalue weighted by atomic mass is 16.2. The first-order chi connectivity index (χ1) is 8.88. The average molecular weight is 267 g/mol. The second-order valence-corrected chi connectivity index (χ2v) is 5.60. The molecule has 0 atom stereocenters. The van der Waals surface area contributed by atoms with Crippen LogP contribution in [-0.4, -0.2) is 34.0 Å². The quantitative estimate of drug-likeness (QED) is 0.746. The number of hydrogen-bond donors (Lipinski definition) is 1. The number of nitrogens with zero attached hydrogens (tertiary/aromatic N) is 4. The van der Waals surface area contributed by atoms with E-state index < -0.39 is 5.69 Å². The van der Waals surface area contributed by atoms with E-state index in [0.717, 1.165) is 30.5 Å². The van der Waals surface area contributed by atoms with Gasteiger partial charge in [-0.25, -0.2) is 9.48 Å². The van der Waals surface area contributed by atoms with E-state index in [1.54, 1.807) is 7.05 Å². The van der Waals surface area contributed by atoms with Gasteiger partial charge in [0.15, 0.2) is 0 Å². The van der Waals surface area contributed by atoms with Crippen molar-refractivity contribution in [3.05, 3.63) is 20.8 Å². The number of anilines is 1. The molecule has 106 valence electrons. The van der Waals surface area contributed by atoms with Crippen LogP contribution in [0, 0.1) is 5.41 Å². The second kappa shape index (κ2) is 4.80. The summed E-state index contributed by atoms with van der Waals surface area (Å²) in [5.41, 5.74) is 5.18. The Hall–Kier alpha value is -1.63. The first-order valence-electron chi connectivity index (χ1n) is 6.47. The average Bonchev–Trinajstić information content (AvgIpc) is 2.42. The van der Waals surface area contributed by atoms with Crippen LogP contribution < -0.4 is 21.9 Å². The van der Waals surface area contributed by atoms with Crippen molar-refractivity contribution in [2.24, 2.45) is 25.2 Å². The Morgan fingerprint density at radius 1 is 1.26 bits per heavy atom. The maximum absolute atomic E-state index is 12.1. The van der Waals surface area contributed by atoms with Crippen LogP contribution in [0.15, 0.2) is 9.59 Å². The van der Waals surface area contributed by atoms with Crippen LogP contribution in [0.3, 0.4) is 0 Å². The van der Waals surface area contributed by atoms with Gasteiger partial charge < -0.3 is 10.6 Å². The Kier molecular flexibility index (Phi) is 3.49. The number of aromatic nitrogens is 3. The van der Waals surface area contributed by atoms with Crippen molar-refractivity contribution in [2.75, 3.05) is 24.5 Å². The Balaban J connectivity index is 2.31. The molecule has 0 saturated carbocycles. The van der Waals surface area contributed by atoms with Gasteiger partial charge in [-0.2, -0.15) is 0 Å². The molecule has 1 saturated heterocycles. The van der Waals surface area contributed by atoms with Crippen LogP contribution in [0.1, 0.15) is 19.8 Å². The fourth-order valence-corrected chi connectivity index (χ4v) is 2.34. The predicted octanol–water partition coefficient (Wildman–Crippen LogP) is -0.956. The zero-order chi connectivity index (χ0) is 14.2. The lowest BCUT2D eigenvalue weighted by molar-refractivity contribution is 0.257. The van der Waals surface area contributed by atoms with E-state index in [-0.39, 0.29) is 11.0 Å². The molecule has 0 unspecified atom stereocenters. The predicted molar refractivity (Wildman–Crippen MR) is 73.3 cm³/mol. The molecule has 2 rings (SSSR count). The van der Waals surface area contributed by atoms with Gasteiger partial charge in [0.2, 0.25) is 5.82 Å². The summed E-state index contributed by atoms with van der Waals surface area (Å²) in [7, 11) is 3.03. The maximum atomic E-state index is 12.1. The van der Waals surface area contributed by atoms with Gasteiger partial charge in [0.1, 0.15) is 0 Å². The molecule has 1 aliphatic heterocycles. The molecule has 0 aromatic carbocycles. The minimum Gasteiger partial charge on any atom is -0.351 e. The van der Waals surface area contributed by atoms with Crippen molar-refractivity contribution >= 4 is 5.82 Å². The molecule has 1 aromatic heterocycles. The largest absolute Gasteiger partial charge is 0.351 e. The Labute approximate surface area is 111 Å². The molecule has 0 amide bonds. The van der Waals surface area contributed by atoms with Gasteiger partial charge in [0.05, 0.1) is 0 Å². The van der Waals surface area contributed by atoms with Crippen molar-refractivity contribution in [1.29, 1.82) is 0 Å². The van der Waals surface area contributed by atoms with Crippen LogP contribution in [-0.2, 0) is 14.1 Å². The van der Waals surface area contributed by atoms with Crippen molar-refractivity contribution in [3.8, 4) is 0 Å². The molecule has 0 bridgehead atoms. The summed E-state index contributed by atoms with van der Waals surface area (Å²) >= 11 is 0. The SMILES string of the molecule is Cn1nc(N2CCC(C)(CN)CC2)c(=O)n(C)c1=O. The fraction of sp³-hybridized carbons (Fsp3) is 0.750. The second-order valence-electron chi connectivity index (χ2n) is 5.60. The Morgan fingerprint density at radius 2 is 1.84 bits per heavy atom. The monoisotopic (exact) mass is 267 g/mol. The van der Waals surface area contributed by atoms with E-state index in [0.29, 0.717) is 12.4 Å². The van der Waals surface area contributed by atoms with Gasteiger partial charge in [-0.1, -0.05) is 6.92 Å². The van der Waals surface area contributed by atoms with E-state index in [9.17, 15) is 9.59 Å². The molecular formula is C12H21N5O2. The molecule has 7 nitrogen and oxygen atoms in total. The third-order valence-electron chi connectivity index (χ3n) is 4.07. The molecule has 2 heterocycles. The van der Waals surface area contributed by atoms with Gasteiger partial charge in [-0.3, -0.25) is 9.36 Å². The third-order valence-corrected chi connectivity index (χ3v) is 4.07. The lowest BCUT2D eigenvalue weighted by atomic mass is 9.80. The Morgan fingerprint density at radius 3 is 2.37 bits per heavy atom. The van der Waals surface area contributed by atoms with Gasteiger partial charge in [-0.15, -0.1) is 5.10 Å². The molecule has 1 fully saturated rings. The highest BCUT2D eigenvalue weighted by Crippen LogP contribution is 2.30. The topological polar surface area (TPSA) is 86.2 Å². The van der Waals surface area contributed by atoms with E-state index in [1.165, 1.54) is 11.7 Å². The zero-order valence-electron chi connectivity index (χ0n) is 11.7. The van der Waals surface area contributed by atoms with Crippen LogP contribution in [0.4, 0.5) is 5.82 Å². The van der Waals surface area contributed by atoms with Crippen molar-refractivity contribution in [1.82, 2.24) is 14.3 Å². The van der Waals surface area contributed by atoms with E-state index in [1.807, 2.05) is 4.90 Å². The highest BCUT2D eigenvalue weighted by molar-refractivity contribution is 5.35. The van der Waals surface area contributed by atoms with E-state index in [4.69, 9.17) is 5.73 Å². The number of aryl methyl sites for hydroxylation is 1. The number of hydrogen-bond acceptors (Lipinski definition) is 5. The normalized spacial score (nSPS) is 18.6. The van der Waals surface area contributed by atoms with Gasteiger partial charge in [0, 0.05) is 27.2 Å². The van der Waals surface area contributed by atoms with Crippen LogP contribution in [0.2, 0.25) is 0 Å². The maximum Gasteiger partial charge on any atom is 0.346 e. The molecule has 2 N–H and O–H groups in total. The minimum atomic E-state index is -0.405. The zero-order valence-corrected chi connectivity index (χ0v) is 11.7. The summed E-state index contributed by atoms with van der Waals surface area (Å²) < 4.78 is 2.30. The van der Waals surface area contributed by atoms with Crippen molar-refractivity contribution < 1.29 is 0 Å². The molecule has 0 aliphatic carbocycles. The first-order valence-corrected chi connectivity index (χ1v) is 6.47. The summed E-state index contributed by atoms with van der Waals surface area (Å²) in [6, 6.07) is 0. The fourth-order valence-electron chi connectivity index (χ4n) is 2.34. The molecule has 7 heteroatoms. The summed E-state index contributed by atoms with van der Waals surface area (Å²) in [6.07, 6.45) is 1.86. The van der Waals surface area contributed by atoms with Crippen LogP contribution >= 0.6 is 0 Å². The first kappa shape index (κ1) is 13.8. The smallest absolute Gasteiger partial charge is 0.346 e.